The Hall–Kier alpha value is -2.15. The average Bonchev–Trinajstić information content (AvgIpc) is 2.49. The molecule has 2 rings (SSSR count). The van der Waals surface area contributed by atoms with Crippen molar-refractivity contribution in [1.82, 2.24) is 9.88 Å². The second-order valence-corrected chi connectivity index (χ2v) is 5.54. The zero-order valence-corrected chi connectivity index (χ0v) is 13.5. The number of carboxylic acid groups (broad SMARTS) is 1. The third-order valence-corrected chi connectivity index (χ3v) is 4.02. The summed E-state index contributed by atoms with van der Waals surface area (Å²) in [5.74, 6) is -0.673. The molecule has 1 aromatic heterocycles. The minimum atomic E-state index is -0.808. The monoisotopic (exact) mass is 321 g/mol. The molecule has 2 N–H and O–H groups in total. The molecule has 0 amide bonds. The van der Waals surface area contributed by atoms with Gasteiger partial charge >= 0.3 is 11.9 Å². The molecule has 1 heterocycles. The summed E-state index contributed by atoms with van der Waals surface area (Å²) in [6.45, 7) is 4.81. The molecule has 0 radical (unpaired) electrons. The van der Waals surface area contributed by atoms with Crippen LogP contribution in [0.15, 0.2) is 18.3 Å². The molecule has 1 saturated carbocycles. The van der Waals surface area contributed by atoms with Gasteiger partial charge < -0.3 is 15.2 Å². The topological polar surface area (TPSA) is 91.8 Å². The number of aliphatic carboxylic acids is 1. The average molecular weight is 321 g/mol. The highest BCUT2D eigenvalue weighted by Crippen LogP contribution is 2.29. The fraction of sp³-hybridized carbons (Fsp3) is 0.562. The van der Waals surface area contributed by atoms with E-state index in [4.69, 9.17) is 9.84 Å². The van der Waals surface area contributed by atoms with Crippen LogP contribution in [0.1, 0.15) is 37.0 Å². The van der Waals surface area contributed by atoms with Crippen LogP contribution >= 0.6 is 0 Å². The molecule has 1 aliphatic carbocycles. The van der Waals surface area contributed by atoms with Crippen molar-refractivity contribution in [3.05, 3.63) is 23.9 Å². The summed E-state index contributed by atoms with van der Waals surface area (Å²) in [4.78, 5) is 28.9. The molecular weight excluding hydrogens is 298 g/mol. The number of carboxylic acids is 1. The van der Waals surface area contributed by atoms with Crippen molar-refractivity contribution in [2.75, 3.05) is 25.0 Å². The van der Waals surface area contributed by atoms with E-state index in [2.05, 4.69) is 10.3 Å². The van der Waals surface area contributed by atoms with E-state index in [9.17, 15) is 9.59 Å². The normalized spacial score (nSPS) is 20.0. The first-order chi connectivity index (χ1) is 11.0. The maximum Gasteiger partial charge on any atom is 0.341 e. The summed E-state index contributed by atoms with van der Waals surface area (Å²) in [6, 6.07) is 3.83. The van der Waals surface area contributed by atoms with Crippen molar-refractivity contribution >= 4 is 17.8 Å². The van der Waals surface area contributed by atoms with Crippen LogP contribution in [0.25, 0.3) is 0 Å². The molecule has 7 nitrogen and oxygen atoms in total. The van der Waals surface area contributed by atoms with Gasteiger partial charge in [0.05, 0.1) is 13.2 Å². The molecule has 23 heavy (non-hydrogen) atoms. The van der Waals surface area contributed by atoms with E-state index in [-0.39, 0.29) is 24.6 Å². The van der Waals surface area contributed by atoms with Crippen LogP contribution in [0.2, 0.25) is 0 Å². The lowest BCUT2D eigenvalue weighted by atomic mass is 9.85. The largest absolute Gasteiger partial charge is 0.480 e. The van der Waals surface area contributed by atoms with Gasteiger partial charge in [-0.1, -0.05) is 6.92 Å². The van der Waals surface area contributed by atoms with E-state index in [1.54, 1.807) is 25.3 Å². The second kappa shape index (κ2) is 7.92. The third kappa shape index (κ3) is 4.41. The number of anilines is 1. The summed E-state index contributed by atoms with van der Waals surface area (Å²) < 4.78 is 5.03. The van der Waals surface area contributed by atoms with Gasteiger partial charge in [-0.3, -0.25) is 9.69 Å². The van der Waals surface area contributed by atoms with Gasteiger partial charge in [0.25, 0.3) is 0 Å². The van der Waals surface area contributed by atoms with Gasteiger partial charge in [-0.25, -0.2) is 9.78 Å². The lowest BCUT2D eigenvalue weighted by Crippen LogP contribution is -2.51. The van der Waals surface area contributed by atoms with Crippen molar-refractivity contribution < 1.29 is 19.4 Å². The first-order valence-electron chi connectivity index (χ1n) is 7.89. The van der Waals surface area contributed by atoms with Crippen molar-refractivity contribution in [2.24, 2.45) is 0 Å². The quantitative estimate of drug-likeness (QED) is 0.703. The second-order valence-electron chi connectivity index (χ2n) is 5.54. The first-order valence-corrected chi connectivity index (χ1v) is 7.89. The molecular formula is C16H23N3O4. The maximum atomic E-state index is 11.9. The molecule has 7 heteroatoms. The third-order valence-electron chi connectivity index (χ3n) is 4.02. The number of likely N-dealkylation sites (N-methyl/N-ethyl adjacent to an activating group) is 1. The van der Waals surface area contributed by atoms with E-state index in [1.807, 2.05) is 11.8 Å². The highest BCUT2D eigenvalue weighted by atomic mass is 16.5. The Bertz CT molecular complexity index is 558. The van der Waals surface area contributed by atoms with Crippen LogP contribution in [-0.4, -0.2) is 58.7 Å². The highest BCUT2D eigenvalue weighted by Gasteiger charge is 2.34. The van der Waals surface area contributed by atoms with Gasteiger partial charge in [0.2, 0.25) is 0 Å². The van der Waals surface area contributed by atoms with Gasteiger partial charge in [0, 0.05) is 18.3 Å². The molecule has 0 atom stereocenters. The Morgan fingerprint density at radius 3 is 2.78 bits per heavy atom. The maximum absolute atomic E-state index is 11.9. The Morgan fingerprint density at radius 1 is 1.43 bits per heavy atom. The van der Waals surface area contributed by atoms with Crippen molar-refractivity contribution in [1.29, 1.82) is 0 Å². The predicted molar refractivity (Wildman–Crippen MR) is 85.5 cm³/mol. The molecule has 1 fully saturated rings. The minimum absolute atomic E-state index is 0.0611. The highest BCUT2D eigenvalue weighted by molar-refractivity contribution is 5.94. The van der Waals surface area contributed by atoms with Crippen molar-refractivity contribution in [3.8, 4) is 0 Å². The summed E-state index contributed by atoms with van der Waals surface area (Å²) in [7, 11) is 0. The number of hydrogen-bond acceptors (Lipinski definition) is 6. The van der Waals surface area contributed by atoms with Gasteiger partial charge in [-0.2, -0.15) is 0 Å². The summed E-state index contributed by atoms with van der Waals surface area (Å²) >= 11 is 0. The van der Waals surface area contributed by atoms with Crippen LogP contribution in [0.3, 0.4) is 0 Å². The molecule has 0 bridgehead atoms. The van der Waals surface area contributed by atoms with E-state index < -0.39 is 5.97 Å². The smallest absolute Gasteiger partial charge is 0.341 e. The molecule has 0 spiro atoms. The zero-order valence-electron chi connectivity index (χ0n) is 13.5. The fourth-order valence-corrected chi connectivity index (χ4v) is 2.76. The number of aromatic nitrogens is 1. The summed E-state index contributed by atoms with van der Waals surface area (Å²) in [5, 5.41) is 12.2. The number of nitrogens with zero attached hydrogens (tertiary/aromatic N) is 2. The molecule has 0 unspecified atom stereocenters. The van der Waals surface area contributed by atoms with Crippen LogP contribution in [-0.2, 0) is 9.53 Å². The van der Waals surface area contributed by atoms with Gasteiger partial charge in [-0.15, -0.1) is 0 Å². The standard InChI is InChI=1S/C16H23N3O4/c1-3-19(10-14(20)21)12-8-11(9-12)18-15-13(6-5-7-17-15)16(22)23-4-2/h5-7,11-12H,3-4,8-10H2,1-2H3,(H,17,18)(H,20,21). The Morgan fingerprint density at radius 2 is 2.17 bits per heavy atom. The molecule has 0 aliphatic heterocycles. The fourth-order valence-electron chi connectivity index (χ4n) is 2.76. The predicted octanol–water partition coefficient (Wildman–Crippen LogP) is 1.61. The number of carbonyl (C=O) groups excluding carboxylic acids is 1. The van der Waals surface area contributed by atoms with Crippen molar-refractivity contribution in [2.45, 2.75) is 38.8 Å². The minimum Gasteiger partial charge on any atom is -0.480 e. The van der Waals surface area contributed by atoms with E-state index in [0.717, 1.165) is 12.8 Å². The Kier molecular flexibility index (Phi) is 5.92. The van der Waals surface area contributed by atoms with Gasteiger partial charge in [0.15, 0.2) is 0 Å². The number of carbonyl (C=O) groups is 2. The van der Waals surface area contributed by atoms with Gasteiger partial charge in [0.1, 0.15) is 11.4 Å². The number of ether oxygens (including phenoxy) is 1. The summed E-state index contributed by atoms with van der Waals surface area (Å²) in [6.07, 6.45) is 3.30. The number of nitrogens with one attached hydrogen (secondary N) is 1. The number of hydrogen-bond donors (Lipinski definition) is 2. The molecule has 1 aliphatic rings. The molecule has 0 aromatic carbocycles. The molecule has 0 saturated heterocycles. The van der Waals surface area contributed by atoms with E-state index in [0.29, 0.717) is 24.5 Å². The van der Waals surface area contributed by atoms with Crippen LogP contribution in [0.5, 0.6) is 0 Å². The van der Waals surface area contributed by atoms with Crippen LogP contribution in [0.4, 0.5) is 5.82 Å². The molecule has 126 valence electrons. The van der Waals surface area contributed by atoms with E-state index in [1.165, 1.54) is 0 Å². The lowest BCUT2D eigenvalue weighted by Gasteiger charge is -2.42. The number of pyridine rings is 1. The van der Waals surface area contributed by atoms with Crippen LogP contribution in [0, 0.1) is 0 Å². The van der Waals surface area contributed by atoms with E-state index >= 15 is 0 Å². The first kappa shape index (κ1) is 17.2. The zero-order chi connectivity index (χ0) is 16.8. The number of esters is 1. The van der Waals surface area contributed by atoms with Crippen molar-refractivity contribution in [3.63, 3.8) is 0 Å². The molecule has 1 aromatic rings. The Labute approximate surface area is 135 Å². The lowest BCUT2D eigenvalue weighted by molar-refractivity contribution is -0.139. The summed E-state index contributed by atoms with van der Waals surface area (Å²) in [5.41, 5.74) is 0.427. The van der Waals surface area contributed by atoms with Gasteiger partial charge in [-0.05, 0) is 38.4 Å². The number of rotatable bonds is 8. The Balaban J connectivity index is 1.93. The van der Waals surface area contributed by atoms with Crippen LogP contribution < -0.4 is 5.32 Å². The SMILES string of the molecule is CCOC(=O)c1cccnc1NC1CC(N(CC)CC(=O)O)C1.